The van der Waals surface area contributed by atoms with Gasteiger partial charge in [-0.3, -0.25) is 10.1 Å². The predicted molar refractivity (Wildman–Crippen MR) is 158 cm³/mol. The molecular formula is C30H38N8. The first-order valence-electron chi connectivity index (χ1n) is 13.4. The Labute approximate surface area is 224 Å². The molecule has 0 spiro atoms. The Kier molecular flexibility index (Phi) is 7.72. The summed E-state index contributed by atoms with van der Waals surface area (Å²) in [6, 6.07) is 6.35. The number of fused-ring (bicyclic) bond motifs is 2. The Morgan fingerprint density at radius 2 is 1.92 bits per heavy atom. The monoisotopic (exact) mass is 510 g/mol. The number of rotatable bonds is 9. The molecule has 0 unspecified atom stereocenters. The minimum atomic E-state index is 0.888. The second-order valence-corrected chi connectivity index (χ2v) is 10.3. The maximum Gasteiger partial charge on any atom is 0.138 e. The van der Waals surface area contributed by atoms with Crippen LogP contribution in [0.3, 0.4) is 0 Å². The number of allylic oxidation sites excluding steroid dienone is 5. The Morgan fingerprint density at radius 3 is 2.66 bits per heavy atom. The van der Waals surface area contributed by atoms with Crippen LogP contribution in [0.15, 0.2) is 61.0 Å². The van der Waals surface area contributed by atoms with Crippen molar-refractivity contribution in [3.05, 3.63) is 66.7 Å². The summed E-state index contributed by atoms with van der Waals surface area (Å²) in [5.74, 6) is 1.04. The van der Waals surface area contributed by atoms with Crippen LogP contribution in [0.4, 0.5) is 5.82 Å². The molecule has 4 aromatic rings. The largest absolute Gasteiger partial charge is 0.353 e. The summed E-state index contributed by atoms with van der Waals surface area (Å²) >= 11 is 0. The van der Waals surface area contributed by atoms with Gasteiger partial charge in [-0.25, -0.2) is 4.98 Å². The molecule has 0 saturated carbocycles. The minimum absolute atomic E-state index is 0.888. The van der Waals surface area contributed by atoms with E-state index in [9.17, 15) is 0 Å². The molecule has 0 aromatic carbocycles. The van der Waals surface area contributed by atoms with Crippen LogP contribution in [0.5, 0.6) is 0 Å². The highest BCUT2D eigenvalue weighted by atomic mass is 15.3. The van der Waals surface area contributed by atoms with Crippen molar-refractivity contribution in [2.45, 2.75) is 19.8 Å². The highest BCUT2D eigenvalue weighted by Gasteiger charge is 2.20. The van der Waals surface area contributed by atoms with Gasteiger partial charge in [-0.15, -0.1) is 0 Å². The van der Waals surface area contributed by atoms with E-state index in [-0.39, 0.29) is 0 Å². The van der Waals surface area contributed by atoms with Crippen molar-refractivity contribution < 1.29 is 0 Å². The normalized spacial score (nSPS) is 15.8. The van der Waals surface area contributed by atoms with Gasteiger partial charge in [0.2, 0.25) is 0 Å². The van der Waals surface area contributed by atoms with E-state index in [4.69, 9.17) is 9.97 Å². The number of H-pyrrole nitrogens is 2. The van der Waals surface area contributed by atoms with Crippen molar-refractivity contribution in [2.24, 2.45) is 0 Å². The lowest BCUT2D eigenvalue weighted by atomic mass is 10.0. The van der Waals surface area contributed by atoms with Gasteiger partial charge in [-0.2, -0.15) is 5.10 Å². The second-order valence-electron chi connectivity index (χ2n) is 10.3. The number of likely N-dealkylation sites (N-methyl/N-ethyl adjacent to an activating group) is 1. The van der Waals surface area contributed by atoms with Crippen molar-refractivity contribution >= 4 is 33.2 Å². The molecule has 1 fully saturated rings. The molecule has 5 rings (SSSR count). The van der Waals surface area contributed by atoms with Crippen molar-refractivity contribution in [1.82, 2.24) is 34.9 Å². The third kappa shape index (κ3) is 5.42. The van der Waals surface area contributed by atoms with Gasteiger partial charge in [0.1, 0.15) is 11.5 Å². The maximum absolute atomic E-state index is 4.75. The van der Waals surface area contributed by atoms with E-state index in [0.717, 1.165) is 95.8 Å². The summed E-state index contributed by atoms with van der Waals surface area (Å²) in [5, 5.41) is 10.0. The number of nitrogens with zero attached hydrogens (tertiary/aromatic N) is 6. The van der Waals surface area contributed by atoms with E-state index >= 15 is 0 Å². The maximum atomic E-state index is 4.75. The average Bonchev–Trinajstić information content (AvgIpc) is 3.54. The standard InChI is InChI=1S/C30H38N8/c1-6-21(9-8-12-36(3)4)17-22(7-2)26-18-23-28(20-32-26)34-35-29(23)27-19-24-25(33-27)10-11-31-30(24)38-15-13-37(5)14-16-38/h6-7,10-11,17-20,33H,1,8-9,12-16H2,2-5H3,(H,34,35)/b21-17+,22-7+. The van der Waals surface area contributed by atoms with Gasteiger partial charge in [-0.1, -0.05) is 18.7 Å². The van der Waals surface area contributed by atoms with E-state index in [2.05, 4.69) is 88.8 Å². The number of aromatic nitrogens is 5. The van der Waals surface area contributed by atoms with Crippen molar-refractivity contribution in [1.29, 1.82) is 0 Å². The quantitative estimate of drug-likeness (QED) is 0.305. The summed E-state index contributed by atoms with van der Waals surface area (Å²) < 4.78 is 0. The molecule has 0 atom stereocenters. The lowest BCUT2D eigenvalue weighted by molar-refractivity contribution is 0.312. The first-order valence-corrected chi connectivity index (χ1v) is 13.4. The smallest absolute Gasteiger partial charge is 0.138 e. The lowest BCUT2D eigenvalue weighted by Gasteiger charge is -2.33. The third-order valence-corrected chi connectivity index (χ3v) is 7.31. The second kappa shape index (κ2) is 11.3. The summed E-state index contributed by atoms with van der Waals surface area (Å²) in [6.45, 7) is 11.2. The van der Waals surface area contributed by atoms with Crippen LogP contribution in [-0.4, -0.2) is 88.8 Å². The summed E-state index contributed by atoms with van der Waals surface area (Å²) in [6.07, 6.45) is 12.1. The predicted octanol–water partition coefficient (Wildman–Crippen LogP) is 5.11. The Balaban J connectivity index is 1.47. The van der Waals surface area contributed by atoms with Gasteiger partial charge >= 0.3 is 0 Å². The first kappa shape index (κ1) is 25.9. The van der Waals surface area contributed by atoms with Gasteiger partial charge in [0, 0.05) is 43.1 Å². The van der Waals surface area contributed by atoms with Crippen molar-refractivity contribution in [3.8, 4) is 11.4 Å². The lowest BCUT2D eigenvalue weighted by Crippen LogP contribution is -2.44. The highest BCUT2D eigenvalue weighted by molar-refractivity contribution is 5.99. The molecule has 198 valence electrons. The van der Waals surface area contributed by atoms with E-state index in [1.165, 1.54) is 5.57 Å². The fraction of sp³-hybridized carbons (Fsp3) is 0.367. The van der Waals surface area contributed by atoms with Crippen LogP contribution in [-0.2, 0) is 0 Å². The summed E-state index contributed by atoms with van der Waals surface area (Å²) in [5.41, 5.74) is 7.06. The zero-order valence-corrected chi connectivity index (χ0v) is 23.0. The Bertz CT molecular complexity index is 1480. The average molecular weight is 511 g/mol. The molecule has 1 aliphatic heterocycles. The number of pyridine rings is 2. The minimum Gasteiger partial charge on any atom is -0.353 e. The molecular weight excluding hydrogens is 472 g/mol. The third-order valence-electron chi connectivity index (χ3n) is 7.31. The summed E-state index contributed by atoms with van der Waals surface area (Å²) in [7, 11) is 6.38. The first-order chi connectivity index (χ1) is 18.5. The van der Waals surface area contributed by atoms with Crippen LogP contribution in [0, 0.1) is 0 Å². The molecule has 0 radical (unpaired) electrons. The molecule has 8 heteroatoms. The molecule has 5 heterocycles. The van der Waals surface area contributed by atoms with Crippen molar-refractivity contribution in [2.75, 3.05) is 58.8 Å². The molecule has 0 aliphatic carbocycles. The van der Waals surface area contributed by atoms with Crippen LogP contribution < -0.4 is 4.90 Å². The zero-order valence-electron chi connectivity index (χ0n) is 23.0. The van der Waals surface area contributed by atoms with Crippen molar-refractivity contribution in [3.63, 3.8) is 0 Å². The van der Waals surface area contributed by atoms with E-state index in [0.29, 0.717) is 0 Å². The van der Waals surface area contributed by atoms with Crippen LogP contribution in [0.2, 0.25) is 0 Å². The fourth-order valence-corrected chi connectivity index (χ4v) is 5.05. The van der Waals surface area contributed by atoms with Crippen LogP contribution >= 0.6 is 0 Å². The number of hydrogen-bond donors (Lipinski definition) is 2. The van der Waals surface area contributed by atoms with E-state index < -0.39 is 0 Å². The van der Waals surface area contributed by atoms with Crippen LogP contribution in [0.25, 0.3) is 38.8 Å². The number of piperazine rings is 1. The van der Waals surface area contributed by atoms with Gasteiger partial charge in [0.05, 0.1) is 28.6 Å². The number of aromatic amines is 2. The fourth-order valence-electron chi connectivity index (χ4n) is 5.05. The van der Waals surface area contributed by atoms with Gasteiger partial charge in [0.25, 0.3) is 0 Å². The number of hydrogen-bond acceptors (Lipinski definition) is 6. The molecule has 2 N–H and O–H groups in total. The summed E-state index contributed by atoms with van der Waals surface area (Å²) in [4.78, 5) is 20.0. The molecule has 0 amide bonds. The number of anilines is 1. The van der Waals surface area contributed by atoms with Gasteiger partial charge in [0.15, 0.2) is 0 Å². The SMILES string of the molecule is C=C/C(=C\C(=C/C)c1cc2c(-c3cc4c(N5CCN(C)CC5)nccc4[nH]3)n[nH]c2cn1)CCCN(C)C. The topological polar surface area (TPSA) is 80.0 Å². The molecule has 8 nitrogen and oxygen atoms in total. The highest BCUT2D eigenvalue weighted by Crippen LogP contribution is 2.33. The Hall–Kier alpha value is -3.75. The number of nitrogens with one attached hydrogen (secondary N) is 2. The zero-order chi connectivity index (χ0) is 26.6. The molecule has 1 saturated heterocycles. The molecule has 1 aliphatic rings. The van der Waals surface area contributed by atoms with E-state index in [1.807, 2.05) is 24.5 Å². The molecule has 38 heavy (non-hydrogen) atoms. The molecule has 0 bridgehead atoms. The van der Waals surface area contributed by atoms with Crippen LogP contribution in [0.1, 0.15) is 25.5 Å². The Morgan fingerprint density at radius 1 is 1.11 bits per heavy atom. The molecule has 4 aromatic heterocycles. The van der Waals surface area contributed by atoms with Gasteiger partial charge < -0.3 is 19.7 Å². The van der Waals surface area contributed by atoms with E-state index in [1.54, 1.807) is 0 Å². The van der Waals surface area contributed by atoms with Gasteiger partial charge in [-0.05, 0) is 82.9 Å².